The molecule has 574 valence electrons. The maximum Gasteiger partial charge on any atom is 0.116 e. The van der Waals surface area contributed by atoms with Crippen LogP contribution in [0.15, 0.2) is 0 Å². The Kier molecular flexibility index (Phi) is 87.1. The van der Waals surface area contributed by atoms with Crippen molar-refractivity contribution in [1.82, 2.24) is 0 Å². The third kappa shape index (κ3) is 70.7. The third-order valence-electron chi connectivity index (χ3n) is 22.8. The fraction of sp³-hybridized carbons (Fsp3) is 0.989. The van der Waals surface area contributed by atoms with Crippen LogP contribution in [0.4, 0.5) is 0 Å². The van der Waals surface area contributed by atoms with Gasteiger partial charge in [-0.1, -0.05) is 516 Å². The molecule has 0 aromatic carbocycles. The van der Waals surface area contributed by atoms with E-state index in [-0.39, 0.29) is 21.1 Å². The summed E-state index contributed by atoms with van der Waals surface area (Å²) in [4.78, 5) is 0. The molecule has 0 aliphatic rings. The van der Waals surface area contributed by atoms with Gasteiger partial charge in [0.05, 0.1) is 6.61 Å². The van der Waals surface area contributed by atoms with Gasteiger partial charge in [0, 0.05) is 21.1 Å². The number of thiol groups is 1. The predicted molar refractivity (Wildman–Crippen MR) is 445 cm³/mol. The summed E-state index contributed by atoms with van der Waals surface area (Å²) >= 11 is 5.89. The number of hydrogen-bond donors (Lipinski definition) is 1. The molecule has 0 aliphatic carbocycles. The molecule has 0 spiro atoms. The van der Waals surface area contributed by atoms with Crippen LogP contribution in [0, 0.1) is 0 Å². The van der Waals surface area contributed by atoms with Crippen LogP contribution < -0.4 is 0 Å². The SMILES string of the molecule is CCCCCCCCCCCCCCCCCCOC(S)=S(CCCCCCCCCCCCCCCCCC)(CCCCCCCCCCCCCCCCCC)(CCCCCCCCCCCCCCCCCC)CCCCCCCCCCCCCCCCCC.[Mo]. The summed E-state index contributed by atoms with van der Waals surface area (Å²) in [6, 6.07) is 0. The fourth-order valence-corrected chi connectivity index (χ4v) is 23.4. The van der Waals surface area contributed by atoms with Crippen molar-refractivity contribution in [2.45, 2.75) is 548 Å². The molecule has 0 heterocycles. The van der Waals surface area contributed by atoms with Crippen LogP contribution in [0.25, 0.3) is 0 Å². The van der Waals surface area contributed by atoms with E-state index in [1.165, 1.54) is 541 Å². The first kappa shape index (κ1) is 98.3. The minimum atomic E-state index is -2.09. The van der Waals surface area contributed by atoms with E-state index in [0.717, 1.165) is 6.61 Å². The predicted octanol–water partition coefficient (Wildman–Crippen LogP) is 34.7. The Morgan fingerprint density at radius 2 is 0.274 bits per heavy atom. The van der Waals surface area contributed by atoms with Gasteiger partial charge in [-0.15, -0.1) is 12.6 Å². The molecule has 1 nitrogen and oxygen atoms in total. The number of ether oxygens (including phenoxy) is 1. The Balaban J connectivity index is 0. The van der Waals surface area contributed by atoms with Gasteiger partial charge in [0.25, 0.3) is 0 Å². The molecular weight excluding hydrogens is 1270 g/mol. The Morgan fingerprint density at radius 3 is 0.400 bits per heavy atom. The topological polar surface area (TPSA) is 9.23 Å². The van der Waals surface area contributed by atoms with E-state index in [1.54, 1.807) is 0 Å². The second-order valence-corrected chi connectivity index (χ2v) is 38.6. The maximum atomic E-state index is 7.38. The van der Waals surface area contributed by atoms with E-state index in [2.05, 4.69) is 34.6 Å². The van der Waals surface area contributed by atoms with Gasteiger partial charge in [-0.05, 0) is 55.1 Å². The Labute approximate surface area is 624 Å². The van der Waals surface area contributed by atoms with Crippen LogP contribution in [-0.2, 0) is 25.8 Å². The first-order chi connectivity index (χ1) is 46.5. The van der Waals surface area contributed by atoms with Crippen molar-refractivity contribution in [3.63, 3.8) is 0 Å². The van der Waals surface area contributed by atoms with E-state index in [0.29, 0.717) is 0 Å². The molecule has 0 unspecified atom stereocenters. The Hall–Kier alpha value is 1.22. The number of rotatable bonds is 85. The molecule has 0 amide bonds. The van der Waals surface area contributed by atoms with E-state index in [1.807, 2.05) is 0 Å². The first-order valence-corrected chi connectivity index (χ1v) is 48.8. The second kappa shape index (κ2) is 84.2. The standard InChI is InChI=1S/C91H186OS2.Mo/c1-6-11-16-21-26-31-36-41-46-51-56-61-66-71-76-81-86-92-91(93)94(87-82-77-72-67-62-57-52-47-42-37-32-27-22-17-12-7-2,88-83-78-73-68-63-58-53-48-43-38-33-28-23-18-13-8-3,89-84-79-74-69-64-59-54-49-44-39-34-29-24-19-14-9-4)90-85-80-75-70-65-60-55-50-45-40-35-30-25-20-15-10-5;/h93H,6-90H2,1-5H3;. The fourth-order valence-electron chi connectivity index (χ4n) is 16.1. The molecular formula is C91H186MoOS2. The molecule has 0 aliphatic heterocycles. The molecule has 0 saturated carbocycles. The van der Waals surface area contributed by atoms with Crippen LogP contribution in [-0.4, -0.2) is 34.0 Å². The van der Waals surface area contributed by atoms with Crippen LogP contribution in [0.2, 0.25) is 0 Å². The summed E-state index contributed by atoms with van der Waals surface area (Å²) < 4.78 is 8.71. The van der Waals surface area contributed by atoms with Crippen molar-refractivity contribution in [2.75, 3.05) is 29.6 Å². The van der Waals surface area contributed by atoms with Crippen molar-refractivity contribution in [3.05, 3.63) is 0 Å². The number of unbranched alkanes of at least 4 members (excludes halogenated alkanes) is 75. The molecule has 0 saturated heterocycles. The molecule has 0 aromatic heterocycles. The second-order valence-electron chi connectivity index (χ2n) is 32.2. The summed E-state index contributed by atoms with van der Waals surface area (Å²) in [5.41, 5.74) is 0. The van der Waals surface area contributed by atoms with Gasteiger partial charge in [0.15, 0.2) is 0 Å². The van der Waals surface area contributed by atoms with Gasteiger partial charge < -0.3 is 4.74 Å². The van der Waals surface area contributed by atoms with Gasteiger partial charge in [-0.2, -0.15) is 0 Å². The molecule has 95 heavy (non-hydrogen) atoms. The zero-order valence-corrected chi connectivity index (χ0v) is 71.0. The van der Waals surface area contributed by atoms with Crippen molar-refractivity contribution in [3.8, 4) is 0 Å². The van der Waals surface area contributed by atoms with Crippen molar-refractivity contribution < 1.29 is 25.8 Å². The van der Waals surface area contributed by atoms with Gasteiger partial charge >= 0.3 is 0 Å². The molecule has 0 aromatic rings. The Bertz CT molecular complexity index is 1280. The summed E-state index contributed by atoms with van der Waals surface area (Å²) in [6.07, 6.45) is 116. The largest absolute Gasteiger partial charge is 0.336 e. The normalized spacial score (nSPS) is 12.3. The minimum absolute atomic E-state index is 0. The third-order valence-corrected chi connectivity index (χ3v) is 31.1. The van der Waals surface area contributed by atoms with Crippen molar-refractivity contribution in [1.29, 1.82) is 0 Å². The van der Waals surface area contributed by atoms with Gasteiger partial charge in [0.1, 0.15) is 4.38 Å². The zero-order valence-electron chi connectivity index (χ0n) is 67.3. The van der Waals surface area contributed by atoms with Crippen LogP contribution in [0.1, 0.15) is 548 Å². The van der Waals surface area contributed by atoms with E-state index in [9.17, 15) is 0 Å². The molecule has 0 N–H and O–H groups in total. The van der Waals surface area contributed by atoms with Crippen LogP contribution in [0.5, 0.6) is 0 Å². The molecule has 4 heteroatoms. The molecule has 0 bridgehead atoms. The van der Waals surface area contributed by atoms with Gasteiger partial charge in [-0.25, -0.2) is 8.75 Å². The molecule has 0 fully saturated rings. The van der Waals surface area contributed by atoms with Gasteiger partial charge in [-0.3, -0.25) is 0 Å². The monoisotopic (exact) mass is 1460 g/mol. The van der Waals surface area contributed by atoms with Crippen LogP contribution >= 0.6 is 21.4 Å². The van der Waals surface area contributed by atoms with Crippen molar-refractivity contribution >= 4 is 25.8 Å². The summed E-state index contributed by atoms with van der Waals surface area (Å²) in [7, 11) is -2.09. The van der Waals surface area contributed by atoms with E-state index in [4.69, 9.17) is 17.4 Å². The molecule has 0 rings (SSSR count). The quantitative estimate of drug-likeness (QED) is 0.0276. The zero-order chi connectivity index (χ0) is 67.8. The summed E-state index contributed by atoms with van der Waals surface area (Å²) in [6.45, 7) is 12.6. The summed E-state index contributed by atoms with van der Waals surface area (Å²) in [5.74, 6) is 5.74. The summed E-state index contributed by atoms with van der Waals surface area (Å²) in [5, 5.41) is 0. The maximum absolute atomic E-state index is 7.38. The molecule has 0 atom stereocenters. The average molecular weight is 1460 g/mol. The Morgan fingerprint density at radius 1 is 0.168 bits per heavy atom. The first-order valence-electron chi connectivity index (χ1n) is 45.6. The van der Waals surface area contributed by atoms with E-state index < -0.39 is 8.75 Å². The van der Waals surface area contributed by atoms with Crippen LogP contribution in [0.3, 0.4) is 0 Å². The minimum Gasteiger partial charge on any atom is -0.336 e. The number of hydrogen-bond acceptors (Lipinski definition) is 1. The average Bonchev–Trinajstić information content (AvgIpc) is 0.754. The van der Waals surface area contributed by atoms with E-state index >= 15 is 0 Å². The smallest absolute Gasteiger partial charge is 0.116 e. The molecule has 0 radical (unpaired) electrons. The van der Waals surface area contributed by atoms with Gasteiger partial charge in [0.2, 0.25) is 0 Å². The van der Waals surface area contributed by atoms with Crippen molar-refractivity contribution in [2.24, 2.45) is 0 Å².